The second kappa shape index (κ2) is 8.24. The fourth-order valence-electron chi connectivity index (χ4n) is 5.52. The van der Waals surface area contributed by atoms with Gasteiger partial charge in [0.2, 0.25) is 6.29 Å². The zero-order chi connectivity index (χ0) is 27.0. The zero-order valence-corrected chi connectivity index (χ0v) is 20.7. The molecule has 2 N–H and O–H groups in total. The number of fused-ring (bicyclic) bond motifs is 6. The molecule has 1 aliphatic rings. The molecule has 7 rings (SSSR count). The van der Waals surface area contributed by atoms with E-state index in [1.54, 1.807) is 49.6 Å². The number of benzene rings is 4. The van der Waals surface area contributed by atoms with Gasteiger partial charge in [-0.2, -0.15) is 0 Å². The van der Waals surface area contributed by atoms with Crippen LogP contribution >= 0.6 is 0 Å². The summed E-state index contributed by atoms with van der Waals surface area (Å²) in [6, 6.07) is 17.5. The van der Waals surface area contributed by atoms with E-state index in [2.05, 4.69) is 0 Å². The van der Waals surface area contributed by atoms with Crippen molar-refractivity contribution in [3.05, 3.63) is 92.6 Å². The van der Waals surface area contributed by atoms with Crippen molar-refractivity contribution in [2.24, 2.45) is 0 Å². The second-order valence-electron chi connectivity index (χ2n) is 9.33. The Labute approximate surface area is 219 Å². The number of methoxy groups -OCH3 is 2. The van der Waals surface area contributed by atoms with Crippen LogP contribution in [0, 0.1) is 0 Å². The lowest BCUT2D eigenvalue weighted by Crippen LogP contribution is -2.26. The van der Waals surface area contributed by atoms with E-state index in [0.717, 1.165) is 16.2 Å². The Bertz CT molecular complexity index is 2110. The third-order valence-corrected chi connectivity index (χ3v) is 7.31. The fourth-order valence-corrected chi connectivity index (χ4v) is 5.52. The van der Waals surface area contributed by atoms with Gasteiger partial charge in [-0.1, -0.05) is 24.3 Å². The standard InChI is InChI=1S/C30H20O9/c1-35-19-7-3-5-13-9-17-21(11-15(13)19)37-29(33)24(26(17)31)23-25-27(39-28(23)32)18-10-14-6-4-8-20(36-2)16(14)12-22(18)38-30(25)34/h3-12,23,28,31-32H,1-2H3. The van der Waals surface area contributed by atoms with E-state index in [9.17, 15) is 19.8 Å². The molecule has 1 aliphatic heterocycles. The van der Waals surface area contributed by atoms with E-state index in [0.29, 0.717) is 22.3 Å². The minimum absolute atomic E-state index is 0.0746. The summed E-state index contributed by atoms with van der Waals surface area (Å²) < 4.78 is 27.8. The lowest BCUT2D eigenvalue weighted by molar-refractivity contribution is -0.00987. The van der Waals surface area contributed by atoms with Gasteiger partial charge in [0.25, 0.3) is 0 Å². The molecule has 4 aromatic carbocycles. The van der Waals surface area contributed by atoms with Crippen LogP contribution in [-0.2, 0) is 0 Å². The van der Waals surface area contributed by atoms with Crippen molar-refractivity contribution in [2.45, 2.75) is 12.2 Å². The van der Waals surface area contributed by atoms with E-state index in [-0.39, 0.29) is 33.4 Å². The maximum atomic E-state index is 13.3. The van der Waals surface area contributed by atoms with Gasteiger partial charge in [0.1, 0.15) is 34.2 Å². The molecule has 6 aromatic rings. The highest BCUT2D eigenvalue weighted by atomic mass is 16.6. The molecule has 0 saturated carbocycles. The lowest BCUT2D eigenvalue weighted by atomic mass is 9.91. The van der Waals surface area contributed by atoms with Crippen LogP contribution < -0.4 is 25.5 Å². The summed E-state index contributed by atoms with van der Waals surface area (Å²) in [7, 11) is 3.08. The Morgan fingerprint density at radius 1 is 0.718 bits per heavy atom. The summed E-state index contributed by atoms with van der Waals surface area (Å²) in [5, 5.41) is 25.9. The quantitative estimate of drug-likeness (QED) is 0.248. The second-order valence-corrected chi connectivity index (χ2v) is 9.33. The first-order valence-electron chi connectivity index (χ1n) is 12.1. The van der Waals surface area contributed by atoms with Gasteiger partial charge in [-0.05, 0) is 47.2 Å². The summed E-state index contributed by atoms with van der Waals surface area (Å²) in [6.45, 7) is 0. The van der Waals surface area contributed by atoms with Gasteiger partial charge in [-0.25, -0.2) is 9.59 Å². The van der Waals surface area contributed by atoms with Gasteiger partial charge in [0.15, 0.2) is 0 Å². The molecule has 0 spiro atoms. The van der Waals surface area contributed by atoms with Crippen LogP contribution in [0.15, 0.2) is 79.1 Å². The molecule has 0 saturated heterocycles. The Kier molecular flexibility index (Phi) is 4.89. The fraction of sp³-hybridized carbons (Fsp3) is 0.133. The molecule has 2 unspecified atom stereocenters. The average molecular weight is 524 g/mol. The van der Waals surface area contributed by atoms with Crippen molar-refractivity contribution in [1.82, 2.24) is 0 Å². The Morgan fingerprint density at radius 2 is 1.26 bits per heavy atom. The third kappa shape index (κ3) is 3.23. The summed E-state index contributed by atoms with van der Waals surface area (Å²) in [5.41, 5.74) is -1.77. The first-order chi connectivity index (χ1) is 18.9. The number of aliphatic hydroxyl groups is 1. The summed E-state index contributed by atoms with van der Waals surface area (Å²) in [6.07, 6.45) is -1.65. The number of hydrogen-bond donors (Lipinski definition) is 2. The van der Waals surface area contributed by atoms with Crippen LogP contribution in [0.2, 0.25) is 0 Å². The van der Waals surface area contributed by atoms with Crippen LogP contribution in [-0.4, -0.2) is 30.7 Å². The van der Waals surface area contributed by atoms with Crippen LogP contribution in [0.3, 0.4) is 0 Å². The average Bonchev–Trinajstić information content (AvgIpc) is 3.28. The smallest absolute Gasteiger partial charge is 0.344 e. The number of aromatic hydroxyl groups is 1. The molecular formula is C30H20O9. The largest absolute Gasteiger partial charge is 0.507 e. The number of rotatable bonds is 3. The predicted molar refractivity (Wildman–Crippen MR) is 143 cm³/mol. The van der Waals surface area contributed by atoms with E-state index in [1.807, 2.05) is 18.2 Å². The molecule has 9 nitrogen and oxygen atoms in total. The van der Waals surface area contributed by atoms with Gasteiger partial charge >= 0.3 is 11.3 Å². The SMILES string of the molecule is COc1cccc2cc3c(O)c(C4c5c(c6cc7cccc(OC)c7cc6oc5=O)OC4O)c(=O)oc3cc12. The highest BCUT2D eigenvalue weighted by Crippen LogP contribution is 2.47. The summed E-state index contributed by atoms with van der Waals surface area (Å²) >= 11 is 0. The first-order valence-corrected chi connectivity index (χ1v) is 12.1. The molecule has 194 valence electrons. The lowest BCUT2D eigenvalue weighted by Gasteiger charge is -2.15. The molecule has 0 bridgehead atoms. The molecule has 0 aliphatic carbocycles. The van der Waals surface area contributed by atoms with Gasteiger partial charge < -0.3 is 33.3 Å². The molecular weight excluding hydrogens is 504 g/mol. The van der Waals surface area contributed by atoms with Crippen molar-refractivity contribution < 1.29 is 33.3 Å². The minimum atomic E-state index is -1.65. The highest BCUT2D eigenvalue weighted by molar-refractivity contribution is 6.02. The maximum absolute atomic E-state index is 13.3. The van der Waals surface area contributed by atoms with Gasteiger partial charge in [-0.15, -0.1) is 0 Å². The summed E-state index contributed by atoms with van der Waals surface area (Å²) in [4.78, 5) is 26.5. The Hall–Kier alpha value is -5.02. The van der Waals surface area contributed by atoms with E-state index in [4.69, 9.17) is 23.0 Å². The van der Waals surface area contributed by atoms with Crippen molar-refractivity contribution in [1.29, 1.82) is 0 Å². The van der Waals surface area contributed by atoms with E-state index in [1.165, 1.54) is 7.11 Å². The summed E-state index contributed by atoms with van der Waals surface area (Å²) in [5.74, 6) is -0.521. The van der Waals surface area contributed by atoms with Crippen molar-refractivity contribution in [2.75, 3.05) is 14.2 Å². The minimum Gasteiger partial charge on any atom is -0.507 e. The van der Waals surface area contributed by atoms with Crippen molar-refractivity contribution in [3.63, 3.8) is 0 Å². The molecule has 0 amide bonds. The molecule has 39 heavy (non-hydrogen) atoms. The van der Waals surface area contributed by atoms with E-state index < -0.39 is 29.2 Å². The van der Waals surface area contributed by atoms with Crippen LogP contribution in [0.1, 0.15) is 17.0 Å². The normalized spacial score (nSPS) is 16.6. The monoisotopic (exact) mass is 524 g/mol. The Balaban J connectivity index is 1.48. The van der Waals surface area contributed by atoms with Crippen LogP contribution in [0.5, 0.6) is 23.0 Å². The number of ether oxygens (including phenoxy) is 3. The molecule has 2 aromatic heterocycles. The molecule has 3 heterocycles. The van der Waals surface area contributed by atoms with Crippen molar-refractivity contribution in [3.8, 4) is 23.0 Å². The highest BCUT2D eigenvalue weighted by Gasteiger charge is 2.43. The zero-order valence-electron chi connectivity index (χ0n) is 20.7. The number of hydrogen-bond acceptors (Lipinski definition) is 9. The predicted octanol–water partition coefficient (Wildman–Crippen LogP) is 4.77. The van der Waals surface area contributed by atoms with Crippen LogP contribution in [0.25, 0.3) is 43.5 Å². The molecule has 2 atom stereocenters. The van der Waals surface area contributed by atoms with E-state index >= 15 is 0 Å². The van der Waals surface area contributed by atoms with Crippen LogP contribution in [0.4, 0.5) is 0 Å². The van der Waals surface area contributed by atoms with Gasteiger partial charge in [0.05, 0.1) is 42.0 Å². The third-order valence-electron chi connectivity index (χ3n) is 7.31. The van der Waals surface area contributed by atoms with Gasteiger partial charge in [-0.3, -0.25) is 0 Å². The van der Waals surface area contributed by atoms with Gasteiger partial charge in [0, 0.05) is 10.8 Å². The first kappa shape index (κ1) is 23.1. The molecule has 0 radical (unpaired) electrons. The molecule has 0 fully saturated rings. The maximum Gasteiger partial charge on any atom is 0.344 e. The molecule has 9 heteroatoms. The van der Waals surface area contributed by atoms with Crippen molar-refractivity contribution >= 4 is 43.5 Å². The number of aliphatic hydroxyl groups excluding tert-OH is 1. The topological polar surface area (TPSA) is 129 Å². The Morgan fingerprint density at radius 3 is 1.85 bits per heavy atom.